The van der Waals surface area contributed by atoms with Crippen LogP contribution in [0.15, 0.2) is 18.2 Å². The van der Waals surface area contributed by atoms with Crippen molar-refractivity contribution in [1.29, 1.82) is 0 Å². The van der Waals surface area contributed by atoms with Gasteiger partial charge in [0.05, 0.1) is 0 Å². The third-order valence-electron chi connectivity index (χ3n) is 2.76. The quantitative estimate of drug-likeness (QED) is 0.805. The topological polar surface area (TPSA) is 32.3 Å². The first-order chi connectivity index (χ1) is 8.04. The minimum absolute atomic E-state index is 0.158. The molecule has 0 bridgehead atoms. The molecule has 0 fully saturated rings. The normalized spacial score (nSPS) is 14.6. The Morgan fingerprint density at radius 2 is 2.00 bits per heavy atom. The van der Waals surface area contributed by atoms with Crippen molar-refractivity contribution in [2.24, 2.45) is 0 Å². The molecule has 1 rings (SSSR count). The van der Waals surface area contributed by atoms with Gasteiger partial charge < -0.3 is 10.4 Å². The van der Waals surface area contributed by atoms with Gasteiger partial charge in [-0.25, -0.2) is 8.78 Å². The van der Waals surface area contributed by atoms with E-state index in [0.717, 1.165) is 12.5 Å². The molecule has 2 unspecified atom stereocenters. The lowest BCUT2D eigenvalue weighted by Crippen LogP contribution is -2.29. The van der Waals surface area contributed by atoms with Crippen LogP contribution >= 0.6 is 0 Å². The molecule has 4 heteroatoms. The highest BCUT2D eigenvalue weighted by atomic mass is 19.1. The van der Waals surface area contributed by atoms with Gasteiger partial charge in [-0.05, 0) is 32.8 Å². The van der Waals surface area contributed by atoms with E-state index < -0.39 is 11.6 Å². The SMILES string of the molecule is CC(CCCO)NC(C)c1ccc(F)cc1F. The van der Waals surface area contributed by atoms with Crippen LogP contribution in [-0.2, 0) is 0 Å². The first kappa shape index (κ1) is 14.1. The summed E-state index contributed by atoms with van der Waals surface area (Å²) in [6.07, 6.45) is 1.54. The van der Waals surface area contributed by atoms with E-state index >= 15 is 0 Å². The number of aliphatic hydroxyl groups excluding tert-OH is 1. The average molecular weight is 243 g/mol. The molecule has 17 heavy (non-hydrogen) atoms. The van der Waals surface area contributed by atoms with Gasteiger partial charge in [-0.3, -0.25) is 0 Å². The number of benzene rings is 1. The molecule has 0 spiro atoms. The monoisotopic (exact) mass is 243 g/mol. The predicted octanol–water partition coefficient (Wildman–Crippen LogP) is 2.78. The van der Waals surface area contributed by atoms with Gasteiger partial charge in [-0.1, -0.05) is 6.07 Å². The van der Waals surface area contributed by atoms with E-state index in [1.165, 1.54) is 12.1 Å². The van der Waals surface area contributed by atoms with Crippen LogP contribution in [0.25, 0.3) is 0 Å². The maximum Gasteiger partial charge on any atom is 0.130 e. The summed E-state index contributed by atoms with van der Waals surface area (Å²) in [5.41, 5.74) is 0.460. The third-order valence-corrected chi connectivity index (χ3v) is 2.76. The van der Waals surface area contributed by atoms with Crippen LogP contribution < -0.4 is 5.32 Å². The first-order valence-corrected chi connectivity index (χ1v) is 5.86. The number of rotatable bonds is 6. The van der Waals surface area contributed by atoms with Crippen LogP contribution in [0.3, 0.4) is 0 Å². The molecule has 0 aromatic heterocycles. The molecule has 0 radical (unpaired) electrons. The molecular weight excluding hydrogens is 224 g/mol. The maximum absolute atomic E-state index is 13.5. The summed E-state index contributed by atoms with van der Waals surface area (Å²) in [6.45, 7) is 3.98. The van der Waals surface area contributed by atoms with Gasteiger partial charge in [0, 0.05) is 30.3 Å². The van der Waals surface area contributed by atoms with Crippen molar-refractivity contribution in [2.75, 3.05) is 6.61 Å². The molecule has 0 saturated heterocycles. The van der Waals surface area contributed by atoms with Crippen molar-refractivity contribution in [3.8, 4) is 0 Å². The summed E-state index contributed by atoms with van der Waals surface area (Å²) >= 11 is 0. The van der Waals surface area contributed by atoms with Crippen LogP contribution in [0.5, 0.6) is 0 Å². The van der Waals surface area contributed by atoms with Crippen molar-refractivity contribution in [3.05, 3.63) is 35.4 Å². The Kier molecular flexibility index (Phi) is 5.51. The van der Waals surface area contributed by atoms with Crippen molar-refractivity contribution < 1.29 is 13.9 Å². The minimum Gasteiger partial charge on any atom is -0.396 e. The fourth-order valence-corrected chi connectivity index (χ4v) is 1.85. The highest BCUT2D eigenvalue weighted by molar-refractivity contribution is 5.21. The Morgan fingerprint density at radius 1 is 1.29 bits per heavy atom. The summed E-state index contributed by atoms with van der Waals surface area (Å²) < 4.78 is 26.2. The summed E-state index contributed by atoms with van der Waals surface area (Å²) in [7, 11) is 0. The summed E-state index contributed by atoms with van der Waals surface area (Å²) in [6, 6.07) is 3.62. The van der Waals surface area contributed by atoms with Gasteiger partial charge in [0.15, 0.2) is 0 Å². The van der Waals surface area contributed by atoms with Crippen molar-refractivity contribution >= 4 is 0 Å². The average Bonchev–Trinajstić information content (AvgIpc) is 2.26. The summed E-state index contributed by atoms with van der Waals surface area (Å²) in [5.74, 6) is -1.09. The van der Waals surface area contributed by atoms with E-state index in [2.05, 4.69) is 5.32 Å². The van der Waals surface area contributed by atoms with Gasteiger partial charge in [-0.15, -0.1) is 0 Å². The van der Waals surface area contributed by atoms with Gasteiger partial charge in [-0.2, -0.15) is 0 Å². The van der Waals surface area contributed by atoms with Crippen molar-refractivity contribution in [2.45, 2.75) is 38.8 Å². The molecule has 2 N–H and O–H groups in total. The standard InChI is InChI=1S/C13H19F2NO/c1-9(4-3-7-17)16-10(2)12-6-5-11(14)8-13(12)15/h5-6,8-10,16-17H,3-4,7H2,1-2H3. The van der Waals surface area contributed by atoms with Gasteiger partial charge in [0.1, 0.15) is 11.6 Å². The van der Waals surface area contributed by atoms with Crippen molar-refractivity contribution in [1.82, 2.24) is 5.32 Å². The second kappa shape index (κ2) is 6.67. The highest BCUT2D eigenvalue weighted by Crippen LogP contribution is 2.18. The zero-order valence-electron chi connectivity index (χ0n) is 10.2. The molecular formula is C13H19F2NO. The van der Waals surface area contributed by atoms with Crippen molar-refractivity contribution in [3.63, 3.8) is 0 Å². The van der Waals surface area contributed by atoms with Crippen LogP contribution in [0.4, 0.5) is 8.78 Å². The Hall–Kier alpha value is -1.00. The smallest absolute Gasteiger partial charge is 0.130 e. The Balaban J connectivity index is 2.60. The zero-order chi connectivity index (χ0) is 12.8. The fraction of sp³-hybridized carbons (Fsp3) is 0.538. The molecule has 1 aromatic carbocycles. The van der Waals surface area contributed by atoms with Crippen LogP contribution in [0, 0.1) is 11.6 Å². The molecule has 0 aliphatic heterocycles. The maximum atomic E-state index is 13.5. The highest BCUT2D eigenvalue weighted by Gasteiger charge is 2.13. The molecule has 0 heterocycles. The summed E-state index contributed by atoms with van der Waals surface area (Å²) in [4.78, 5) is 0. The molecule has 0 saturated carbocycles. The zero-order valence-corrected chi connectivity index (χ0v) is 10.2. The lowest BCUT2D eigenvalue weighted by molar-refractivity contribution is 0.274. The van der Waals surface area contributed by atoms with Crippen LogP contribution in [-0.4, -0.2) is 17.8 Å². The second-order valence-corrected chi connectivity index (χ2v) is 4.32. The predicted molar refractivity (Wildman–Crippen MR) is 63.7 cm³/mol. The number of hydrogen-bond donors (Lipinski definition) is 2. The van der Waals surface area contributed by atoms with Gasteiger partial charge in [0.2, 0.25) is 0 Å². The number of hydrogen-bond acceptors (Lipinski definition) is 2. The minimum atomic E-state index is -0.563. The molecule has 0 amide bonds. The van der Waals surface area contributed by atoms with E-state index in [0.29, 0.717) is 12.0 Å². The molecule has 0 aliphatic carbocycles. The largest absolute Gasteiger partial charge is 0.396 e. The van der Waals surface area contributed by atoms with E-state index in [1.807, 2.05) is 13.8 Å². The molecule has 96 valence electrons. The number of nitrogens with one attached hydrogen (secondary N) is 1. The Morgan fingerprint density at radius 3 is 2.59 bits per heavy atom. The van der Waals surface area contributed by atoms with Gasteiger partial charge in [0.25, 0.3) is 0 Å². The third kappa shape index (κ3) is 4.40. The Bertz CT molecular complexity index is 357. The van der Waals surface area contributed by atoms with Gasteiger partial charge >= 0.3 is 0 Å². The first-order valence-electron chi connectivity index (χ1n) is 5.86. The fourth-order valence-electron chi connectivity index (χ4n) is 1.85. The van der Waals surface area contributed by atoms with Crippen LogP contribution in [0.2, 0.25) is 0 Å². The molecule has 0 aliphatic rings. The number of halogens is 2. The lowest BCUT2D eigenvalue weighted by atomic mass is 10.1. The lowest BCUT2D eigenvalue weighted by Gasteiger charge is -2.20. The second-order valence-electron chi connectivity index (χ2n) is 4.32. The molecule has 2 nitrogen and oxygen atoms in total. The van der Waals surface area contributed by atoms with E-state index in [4.69, 9.17) is 5.11 Å². The van der Waals surface area contributed by atoms with E-state index in [1.54, 1.807) is 0 Å². The Labute approximate surface area is 101 Å². The summed E-state index contributed by atoms with van der Waals surface area (Å²) in [5, 5.41) is 11.9. The molecule has 1 aromatic rings. The van der Waals surface area contributed by atoms with Crippen LogP contribution in [0.1, 0.15) is 38.3 Å². The van der Waals surface area contributed by atoms with E-state index in [-0.39, 0.29) is 18.7 Å². The molecule has 2 atom stereocenters. The van der Waals surface area contributed by atoms with E-state index in [9.17, 15) is 8.78 Å². The number of aliphatic hydroxyl groups is 1.